The van der Waals surface area contributed by atoms with E-state index < -0.39 is 0 Å². The number of hydrogen-bond donors (Lipinski definition) is 1. The van der Waals surface area contributed by atoms with Crippen LogP contribution in [0.5, 0.6) is 0 Å². The predicted molar refractivity (Wildman–Crippen MR) is 82.7 cm³/mol. The number of halogens is 2. The summed E-state index contributed by atoms with van der Waals surface area (Å²) in [6.45, 7) is 1.24. The zero-order valence-electron chi connectivity index (χ0n) is 11.7. The molecule has 0 aliphatic carbocycles. The minimum Gasteiger partial charge on any atom is -0.368 e. The topological polar surface area (TPSA) is 15.3 Å². The van der Waals surface area contributed by atoms with Gasteiger partial charge in [-0.3, -0.25) is 0 Å². The van der Waals surface area contributed by atoms with Crippen LogP contribution < -0.4 is 10.2 Å². The normalized spacial score (nSPS) is 10.6. The molecule has 2 aromatic rings. The third-order valence-corrected chi connectivity index (χ3v) is 3.36. The molecule has 0 saturated carbocycles. The monoisotopic (exact) mass is 292 g/mol. The van der Waals surface area contributed by atoms with Gasteiger partial charge in [0.2, 0.25) is 0 Å². The van der Waals surface area contributed by atoms with E-state index in [1.807, 2.05) is 49.3 Å². The summed E-state index contributed by atoms with van der Waals surface area (Å²) in [5, 5.41) is 3.76. The van der Waals surface area contributed by atoms with Gasteiger partial charge in [0, 0.05) is 25.2 Å². The van der Waals surface area contributed by atoms with Gasteiger partial charge in [0.15, 0.2) is 0 Å². The lowest BCUT2D eigenvalue weighted by Gasteiger charge is -2.23. The van der Waals surface area contributed by atoms with E-state index >= 15 is 0 Å². The van der Waals surface area contributed by atoms with Gasteiger partial charge in [-0.2, -0.15) is 0 Å². The Labute approximate surface area is 124 Å². The number of hydrogen-bond acceptors (Lipinski definition) is 2. The molecule has 0 atom stereocenters. The smallest absolute Gasteiger partial charge is 0.146 e. The Morgan fingerprint density at radius 1 is 1.20 bits per heavy atom. The molecule has 2 nitrogen and oxygen atoms in total. The zero-order chi connectivity index (χ0) is 14.5. The molecular formula is C16H18ClFN2. The SMILES string of the molecule is CNCc1cccc(F)c1N(C)Cc1cccc(Cl)c1. The summed E-state index contributed by atoms with van der Waals surface area (Å²) in [4.78, 5) is 1.91. The first-order valence-corrected chi connectivity index (χ1v) is 6.87. The van der Waals surface area contributed by atoms with Gasteiger partial charge >= 0.3 is 0 Å². The van der Waals surface area contributed by atoms with Crippen molar-refractivity contribution in [2.24, 2.45) is 0 Å². The van der Waals surface area contributed by atoms with Crippen LogP contribution in [0.2, 0.25) is 5.02 Å². The predicted octanol–water partition coefficient (Wildman–Crippen LogP) is 3.83. The fraction of sp³-hybridized carbons (Fsp3) is 0.250. The van der Waals surface area contributed by atoms with E-state index in [4.69, 9.17) is 11.6 Å². The second kappa shape index (κ2) is 6.73. The average Bonchev–Trinajstić information content (AvgIpc) is 2.39. The van der Waals surface area contributed by atoms with E-state index in [9.17, 15) is 4.39 Å². The zero-order valence-corrected chi connectivity index (χ0v) is 12.4. The number of para-hydroxylation sites is 1. The Hall–Kier alpha value is -1.58. The van der Waals surface area contributed by atoms with Gasteiger partial charge in [0.25, 0.3) is 0 Å². The van der Waals surface area contributed by atoms with Crippen LogP contribution in [0, 0.1) is 5.82 Å². The number of rotatable bonds is 5. The number of nitrogens with one attached hydrogen (secondary N) is 1. The van der Waals surface area contributed by atoms with Crippen LogP contribution in [0.25, 0.3) is 0 Å². The van der Waals surface area contributed by atoms with Crippen molar-refractivity contribution >= 4 is 17.3 Å². The minimum absolute atomic E-state index is 0.206. The third-order valence-electron chi connectivity index (χ3n) is 3.13. The summed E-state index contributed by atoms with van der Waals surface area (Å²) < 4.78 is 14.1. The van der Waals surface area contributed by atoms with Crippen LogP contribution in [-0.2, 0) is 13.1 Å². The van der Waals surface area contributed by atoms with E-state index in [0.717, 1.165) is 11.1 Å². The van der Waals surface area contributed by atoms with Crippen molar-refractivity contribution in [2.45, 2.75) is 13.1 Å². The van der Waals surface area contributed by atoms with E-state index in [1.165, 1.54) is 6.07 Å². The molecule has 0 bridgehead atoms. The van der Waals surface area contributed by atoms with Gasteiger partial charge in [-0.25, -0.2) is 4.39 Å². The van der Waals surface area contributed by atoms with Crippen LogP contribution in [0.4, 0.5) is 10.1 Å². The van der Waals surface area contributed by atoms with E-state index in [-0.39, 0.29) is 5.82 Å². The Morgan fingerprint density at radius 3 is 2.65 bits per heavy atom. The summed E-state index contributed by atoms with van der Waals surface area (Å²) in [5.74, 6) is -0.206. The Kier molecular flexibility index (Phi) is 4.99. The first-order valence-electron chi connectivity index (χ1n) is 6.49. The second-order valence-electron chi connectivity index (χ2n) is 4.76. The second-order valence-corrected chi connectivity index (χ2v) is 5.20. The maximum absolute atomic E-state index is 14.1. The molecule has 4 heteroatoms. The third kappa shape index (κ3) is 3.50. The molecule has 0 unspecified atom stereocenters. The molecule has 0 aromatic heterocycles. The molecule has 2 rings (SSSR count). The Balaban J connectivity index is 2.26. The van der Waals surface area contributed by atoms with E-state index in [0.29, 0.717) is 23.8 Å². The van der Waals surface area contributed by atoms with Crippen LogP contribution in [0.3, 0.4) is 0 Å². The molecule has 0 fully saturated rings. The first-order chi connectivity index (χ1) is 9.61. The van der Waals surface area contributed by atoms with E-state index in [2.05, 4.69) is 5.32 Å². The van der Waals surface area contributed by atoms with Crippen molar-refractivity contribution in [3.8, 4) is 0 Å². The largest absolute Gasteiger partial charge is 0.368 e. The molecule has 106 valence electrons. The highest BCUT2D eigenvalue weighted by Gasteiger charge is 2.13. The lowest BCUT2D eigenvalue weighted by Crippen LogP contribution is -2.21. The highest BCUT2D eigenvalue weighted by molar-refractivity contribution is 6.30. The number of anilines is 1. The van der Waals surface area contributed by atoms with Gasteiger partial charge in [-0.15, -0.1) is 0 Å². The maximum atomic E-state index is 14.1. The van der Waals surface area contributed by atoms with E-state index in [1.54, 1.807) is 6.07 Å². The molecule has 0 heterocycles. The van der Waals surface area contributed by atoms with Crippen molar-refractivity contribution in [2.75, 3.05) is 19.0 Å². The molecular weight excluding hydrogens is 275 g/mol. The summed E-state index contributed by atoms with van der Waals surface area (Å²) in [7, 11) is 3.74. The van der Waals surface area contributed by atoms with Gasteiger partial charge in [0.05, 0.1) is 5.69 Å². The molecule has 2 aromatic carbocycles. The number of nitrogens with zero attached hydrogens (tertiary/aromatic N) is 1. The Morgan fingerprint density at radius 2 is 1.95 bits per heavy atom. The molecule has 0 saturated heterocycles. The van der Waals surface area contributed by atoms with Crippen molar-refractivity contribution < 1.29 is 4.39 Å². The molecule has 0 aliphatic rings. The molecule has 0 radical (unpaired) electrons. The lowest BCUT2D eigenvalue weighted by molar-refractivity contribution is 0.617. The Bertz CT molecular complexity index is 586. The first kappa shape index (κ1) is 14.8. The lowest BCUT2D eigenvalue weighted by atomic mass is 10.1. The van der Waals surface area contributed by atoms with Crippen molar-refractivity contribution in [1.29, 1.82) is 0 Å². The minimum atomic E-state index is -0.206. The fourth-order valence-electron chi connectivity index (χ4n) is 2.31. The van der Waals surface area contributed by atoms with Gasteiger partial charge in [0.1, 0.15) is 5.82 Å². The summed E-state index contributed by atoms with van der Waals surface area (Å²) >= 11 is 5.98. The molecule has 0 spiro atoms. The standard InChI is InChI=1S/C16H18ClFN2/c1-19-10-13-6-4-8-15(18)16(13)20(2)11-12-5-3-7-14(17)9-12/h3-9,19H,10-11H2,1-2H3. The highest BCUT2D eigenvalue weighted by Crippen LogP contribution is 2.25. The fourth-order valence-corrected chi connectivity index (χ4v) is 2.52. The van der Waals surface area contributed by atoms with Gasteiger partial charge in [-0.1, -0.05) is 35.9 Å². The maximum Gasteiger partial charge on any atom is 0.146 e. The van der Waals surface area contributed by atoms with Crippen LogP contribution >= 0.6 is 11.6 Å². The van der Waals surface area contributed by atoms with Gasteiger partial charge in [-0.05, 0) is 36.4 Å². The average molecular weight is 293 g/mol. The summed E-state index contributed by atoms with van der Waals surface area (Å²) in [5.41, 5.74) is 2.62. The van der Waals surface area contributed by atoms with Crippen molar-refractivity contribution in [3.63, 3.8) is 0 Å². The summed E-state index contributed by atoms with van der Waals surface area (Å²) in [6.07, 6.45) is 0. The molecule has 1 N–H and O–H groups in total. The molecule has 0 amide bonds. The van der Waals surface area contributed by atoms with Crippen molar-refractivity contribution in [3.05, 3.63) is 64.4 Å². The summed E-state index contributed by atoms with van der Waals surface area (Å²) in [6, 6.07) is 12.8. The van der Waals surface area contributed by atoms with Gasteiger partial charge < -0.3 is 10.2 Å². The number of benzene rings is 2. The van der Waals surface area contributed by atoms with Crippen molar-refractivity contribution in [1.82, 2.24) is 5.32 Å². The highest BCUT2D eigenvalue weighted by atomic mass is 35.5. The quantitative estimate of drug-likeness (QED) is 0.901. The molecule has 20 heavy (non-hydrogen) atoms. The van der Waals surface area contributed by atoms with Crippen LogP contribution in [0.1, 0.15) is 11.1 Å². The molecule has 0 aliphatic heterocycles. The van der Waals surface area contributed by atoms with Crippen LogP contribution in [0.15, 0.2) is 42.5 Å². The van der Waals surface area contributed by atoms with Crippen LogP contribution in [-0.4, -0.2) is 14.1 Å².